The number of amides is 2. The van der Waals surface area contributed by atoms with Gasteiger partial charge < -0.3 is 15.0 Å². The minimum Gasteiger partial charge on any atom is -0.492 e. The SMILES string of the molecule is CCOc1ccc(S(=O)(=O)N(CC)CC)cc1NC(=O)CN1CCCCCCC1=O. The standard InChI is InChI=1S/C21H33N3O5S/c1-4-24(5-2)30(27,28)17-12-13-19(29-6-3)18(15-17)22-20(25)16-23-14-10-8-7-9-11-21(23)26/h12-13,15H,4-11,14,16H2,1-3H3,(H,22,25). The molecule has 2 amide bonds. The number of ether oxygens (including phenoxy) is 1. The van der Waals surface area contributed by atoms with Crippen LogP contribution in [0.2, 0.25) is 0 Å². The number of hydrogen-bond acceptors (Lipinski definition) is 5. The van der Waals surface area contributed by atoms with Gasteiger partial charge in [-0.15, -0.1) is 0 Å². The first kappa shape index (κ1) is 24.1. The maximum Gasteiger partial charge on any atom is 0.244 e. The average molecular weight is 440 g/mol. The Balaban J connectivity index is 2.23. The van der Waals surface area contributed by atoms with E-state index in [0.29, 0.717) is 38.4 Å². The van der Waals surface area contributed by atoms with Gasteiger partial charge in [-0.25, -0.2) is 8.42 Å². The van der Waals surface area contributed by atoms with Crippen LogP contribution in [0.15, 0.2) is 23.1 Å². The highest BCUT2D eigenvalue weighted by molar-refractivity contribution is 7.89. The Kier molecular flexibility index (Phi) is 9.10. The molecule has 2 rings (SSSR count). The molecule has 0 spiro atoms. The smallest absolute Gasteiger partial charge is 0.244 e. The van der Waals surface area contributed by atoms with Crippen LogP contribution in [0.1, 0.15) is 52.9 Å². The van der Waals surface area contributed by atoms with Gasteiger partial charge in [0.25, 0.3) is 0 Å². The number of nitrogens with one attached hydrogen (secondary N) is 1. The van der Waals surface area contributed by atoms with Crippen LogP contribution in [0.3, 0.4) is 0 Å². The number of likely N-dealkylation sites (tertiary alicyclic amines) is 1. The van der Waals surface area contributed by atoms with Crippen molar-refractivity contribution in [3.05, 3.63) is 18.2 Å². The summed E-state index contributed by atoms with van der Waals surface area (Å²) in [6, 6.07) is 4.46. The van der Waals surface area contributed by atoms with Crippen molar-refractivity contribution >= 4 is 27.5 Å². The summed E-state index contributed by atoms with van der Waals surface area (Å²) in [5.74, 6) is -0.00153. The zero-order valence-electron chi connectivity index (χ0n) is 18.1. The molecule has 30 heavy (non-hydrogen) atoms. The molecule has 0 aliphatic carbocycles. The van der Waals surface area contributed by atoms with Crippen LogP contribution in [-0.2, 0) is 19.6 Å². The molecular formula is C21H33N3O5S. The third-order valence-electron chi connectivity index (χ3n) is 5.12. The lowest BCUT2D eigenvalue weighted by Gasteiger charge is -2.24. The number of rotatable bonds is 9. The highest BCUT2D eigenvalue weighted by Crippen LogP contribution is 2.29. The van der Waals surface area contributed by atoms with Crippen molar-refractivity contribution in [2.75, 3.05) is 38.1 Å². The van der Waals surface area contributed by atoms with Gasteiger partial charge in [0.15, 0.2) is 0 Å². The fourth-order valence-corrected chi connectivity index (χ4v) is 4.99. The summed E-state index contributed by atoms with van der Waals surface area (Å²) in [5, 5.41) is 2.75. The van der Waals surface area contributed by atoms with Crippen LogP contribution < -0.4 is 10.1 Å². The highest BCUT2D eigenvalue weighted by atomic mass is 32.2. The average Bonchev–Trinajstić information content (AvgIpc) is 2.70. The Morgan fingerprint density at radius 1 is 1.13 bits per heavy atom. The minimum atomic E-state index is -3.67. The van der Waals surface area contributed by atoms with E-state index in [1.165, 1.54) is 16.4 Å². The van der Waals surface area contributed by atoms with E-state index in [2.05, 4.69) is 5.32 Å². The molecule has 9 heteroatoms. The van der Waals surface area contributed by atoms with Crippen molar-refractivity contribution in [3.63, 3.8) is 0 Å². The number of anilines is 1. The highest BCUT2D eigenvalue weighted by Gasteiger charge is 2.24. The number of carbonyl (C=O) groups excluding carboxylic acids is 2. The molecule has 1 saturated heterocycles. The van der Waals surface area contributed by atoms with Gasteiger partial charge in [0.1, 0.15) is 5.75 Å². The number of hydrogen-bond donors (Lipinski definition) is 1. The van der Waals surface area contributed by atoms with Crippen LogP contribution in [0.4, 0.5) is 5.69 Å². The summed E-state index contributed by atoms with van der Waals surface area (Å²) >= 11 is 0. The Bertz CT molecular complexity index is 837. The molecule has 1 fully saturated rings. The molecule has 0 bridgehead atoms. The monoisotopic (exact) mass is 439 g/mol. The molecule has 1 N–H and O–H groups in total. The van der Waals surface area contributed by atoms with Gasteiger partial charge in [-0.2, -0.15) is 4.31 Å². The number of carbonyl (C=O) groups is 2. The van der Waals surface area contributed by atoms with Crippen molar-refractivity contribution in [1.82, 2.24) is 9.21 Å². The second kappa shape index (κ2) is 11.3. The van der Waals surface area contributed by atoms with Crippen molar-refractivity contribution in [1.29, 1.82) is 0 Å². The van der Waals surface area contributed by atoms with E-state index in [1.54, 1.807) is 24.8 Å². The van der Waals surface area contributed by atoms with E-state index in [0.717, 1.165) is 25.7 Å². The number of sulfonamides is 1. The molecule has 0 unspecified atom stereocenters. The largest absolute Gasteiger partial charge is 0.492 e. The Morgan fingerprint density at radius 3 is 2.50 bits per heavy atom. The fraction of sp³-hybridized carbons (Fsp3) is 0.619. The minimum absolute atomic E-state index is 0.0206. The predicted octanol–water partition coefficient (Wildman–Crippen LogP) is 2.85. The third-order valence-corrected chi connectivity index (χ3v) is 7.17. The van der Waals surface area contributed by atoms with Crippen LogP contribution in [0.5, 0.6) is 5.75 Å². The van der Waals surface area contributed by atoms with Gasteiger partial charge >= 0.3 is 0 Å². The molecule has 1 aliphatic rings. The van der Waals surface area contributed by atoms with Crippen molar-refractivity contribution in [2.45, 2.75) is 57.8 Å². The topological polar surface area (TPSA) is 96.0 Å². The lowest BCUT2D eigenvalue weighted by atomic mass is 10.1. The summed E-state index contributed by atoms with van der Waals surface area (Å²) < 4.78 is 32.6. The number of nitrogens with zero attached hydrogens (tertiary/aromatic N) is 2. The van der Waals surface area contributed by atoms with Crippen LogP contribution in [0, 0.1) is 0 Å². The third kappa shape index (κ3) is 6.18. The second-order valence-corrected chi connectivity index (χ2v) is 9.15. The van der Waals surface area contributed by atoms with Gasteiger partial charge in [-0.1, -0.05) is 26.7 Å². The fourth-order valence-electron chi connectivity index (χ4n) is 3.51. The number of benzene rings is 1. The van der Waals surface area contributed by atoms with Gasteiger partial charge in [0.05, 0.1) is 23.7 Å². The van der Waals surface area contributed by atoms with E-state index in [4.69, 9.17) is 4.74 Å². The Labute approximate surface area is 179 Å². The van der Waals surface area contributed by atoms with E-state index in [1.807, 2.05) is 6.92 Å². The van der Waals surface area contributed by atoms with E-state index >= 15 is 0 Å². The molecule has 1 aromatic rings. The molecule has 0 radical (unpaired) electrons. The summed E-state index contributed by atoms with van der Waals surface area (Å²) in [6.07, 6.45) is 4.26. The Morgan fingerprint density at radius 2 is 1.83 bits per heavy atom. The van der Waals surface area contributed by atoms with Crippen LogP contribution in [-0.4, -0.2) is 62.2 Å². The molecular weight excluding hydrogens is 406 g/mol. The summed E-state index contributed by atoms with van der Waals surface area (Å²) in [4.78, 5) is 26.6. The van der Waals surface area contributed by atoms with E-state index in [9.17, 15) is 18.0 Å². The molecule has 0 saturated carbocycles. The maximum absolute atomic E-state index is 12.9. The second-order valence-electron chi connectivity index (χ2n) is 7.21. The van der Waals surface area contributed by atoms with Gasteiger partial charge in [-0.05, 0) is 38.0 Å². The molecule has 0 atom stereocenters. The lowest BCUT2D eigenvalue weighted by molar-refractivity contribution is -0.135. The normalized spacial score (nSPS) is 15.6. The van der Waals surface area contributed by atoms with E-state index < -0.39 is 10.0 Å². The first-order valence-corrected chi connectivity index (χ1v) is 12.1. The van der Waals surface area contributed by atoms with Crippen molar-refractivity contribution < 1.29 is 22.7 Å². The molecule has 1 aromatic carbocycles. The van der Waals surface area contributed by atoms with Crippen molar-refractivity contribution in [3.8, 4) is 5.75 Å². The lowest BCUT2D eigenvalue weighted by Crippen LogP contribution is -2.39. The molecule has 168 valence electrons. The van der Waals surface area contributed by atoms with Gasteiger partial charge in [-0.3, -0.25) is 9.59 Å². The van der Waals surface area contributed by atoms with E-state index in [-0.39, 0.29) is 28.9 Å². The summed E-state index contributed by atoms with van der Waals surface area (Å²) in [6.45, 7) is 6.94. The zero-order valence-corrected chi connectivity index (χ0v) is 19.0. The summed E-state index contributed by atoms with van der Waals surface area (Å²) in [7, 11) is -3.67. The molecule has 0 aromatic heterocycles. The van der Waals surface area contributed by atoms with Gasteiger partial charge in [0.2, 0.25) is 21.8 Å². The van der Waals surface area contributed by atoms with Crippen LogP contribution in [0.25, 0.3) is 0 Å². The molecule has 1 heterocycles. The van der Waals surface area contributed by atoms with Crippen LogP contribution >= 0.6 is 0 Å². The quantitative estimate of drug-likeness (QED) is 0.638. The molecule has 8 nitrogen and oxygen atoms in total. The maximum atomic E-state index is 12.9. The predicted molar refractivity (Wildman–Crippen MR) is 116 cm³/mol. The van der Waals surface area contributed by atoms with Gasteiger partial charge in [0, 0.05) is 26.1 Å². The van der Waals surface area contributed by atoms with Crippen molar-refractivity contribution in [2.24, 2.45) is 0 Å². The first-order valence-electron chi connectivity index (χ1n) is 10.7. The first-order chi connectivity index (χ1) is 14.3. The summed E-state index contributed by atoms with van der Waals surface area (Å²) in [5.41, 5.74) is 0.287. The zero-order chi connectivity index (χ0) is 22.1. The Hall–Kier alpha value is -2.13. The molecule has 1 aliphatic heterocycles.